The smallest absolute Gasteiger partial charge is 0.330 e. The summed E-state index contributed by atoms with van der Waals surface area (Å²) in [5, 5.41) is 26.7. The van der Waals surface area contributed by atoms with Crippen LogP contribution in [-0.4, -0.2) is 39.6 Å². The number of hydrogen-bond donors (Lipinski definition) is 3. The average Bonchev–Trinajstić information content (AvgIpc) is 3.16. The number of nitrogens with zero attached hydrogens (tertiary/aromatic N) is 2. The number of rotatable bonds is 6. The summed E-state index contributed by atoms with van der Waals surface area (Å²) in [5.41, 5.74) is 2.61. The highest BCUT2D eigenvalue weighted by molar-refractivity contribution is 5.93. The van der Waals surface area contributed by atoms with Gasteiger partial charge in [-0.2, -0.15) is 0 Å². The molecule has 1 amide bonds. The molecule has 1 atom stereocenters. The molecule has 1 unspecified atom stereocenters. The van der Waals surface area contributed by atoms with Crippen molar-refractivity contribution in [1.82, 2.24) is 9.88 Å². The largest absolute Gasteiger partial charge is 0.479 e. The van der Waals surface area contributed by atoms with Crippen molar-refractivity contribution < 1.29 is 24.9 Å². The fraction of sp³-hybridized carbons (Fsp3) is 0.304. The van der Waals surface area contributed by atoms with Gasteiger partial charge >= 0.3 is 5.97 Å². The summed E-state index contributed by atoms with van der Waals surface area (Å²) in [4.78, 5) is 35.6. The van der Waals surface area contributed by atoms with Crippen LogP contribution in [0, 0.1) is 23.0 Å². The number of carbonyl (C=O) groups excluding carboxylic acids is 1. The number of fused-ring (bicyclic) bond motifs is 1. The van der Waals surface area contributed by atoms with Crippen molar-refractivity contribution in [3.05, 3.63) is 69.9 Å². The molecule has 1 aliphatic heterocycles. The summed E-state index contributed by atoms with van der Waals surface area (Å²) in [5.74, 6) is -1.56. The summed E-state index contributed by atoms with van der Waals surface area (Å²) >= 11 is 0. The highest BCUT2D eigenvalue weighted by Crippen LogP contribution is 2.32. The number of nitro benzene ring substituents is 1. The molecule has 0 aliphatic carbocycles. The number of carbonyl (C=O) groups is 2. The number of aromatic nitrogens is 1. The van der Waals surface area contributed by atoms with Crippen molar-refractivity contribution in [1.29, 1.82) is 0 Å². The summed E-state index contributed by atoms with van der Waals surface area (Å²) < 4.78 is 1.82. The van der Waals surface area contributed by atoms with Crippen LogP contribution in [-0.2, 0) is 9.59 Å². The SMILES string of the molecule is Cc1cc([N+](=O)[O-])ccc1-n1cc(C(NC(=O)C2CC[NH2+]CC2)C(=O)O)c2ccccc21. The van der Waals surface area contributed by atoms with E-state index in [0.29, 0.717) is 22.2 Å². The molecular weight excluding hydrogens is 412 g/mol. The number of piperidine rings is 1. The zero-order valence-corrected chi connectivity index (χ0v) is 17.7. The second-order valence-corrected chi connectivity index (χ2v) is 8.12. The molecule has 2 aromatic carbocycles. The van der Waals surface area contributed by atoms with Gasteiger partial charge in [0.25, 0.3) is 5.69 Å². The number of carboxylic acid groups (broad SMARTS) is 1. The van der Waals surface area contributed by atoms with Crippen LogP contribution < -0.4 is 10.6 Å². The maximum Gasteiger partial charge on any atom is 0.330 e. The lowest BCUT2D eigenvalue weighted by atomic mass is 9.96. The monoisotopic (exact) mass is 437 g/mol. The Balaban J connectivity index is 1.76. The van der Waals surface area contributed by atoms with Crippen molar-refractivity contribution in [3.63, 3.8) is 0 Å². The Bertz CT molecular complexity index is 1200. The highest BCUT2D eigenvalue weighted by Gasteiger charge is 2.30. The molecule has 0 radical (unpaired) electrons. The number of aliphatic carboxylic acids is 1. The normalized spacial score (nSPS) is 15.4. The second kappa shape index (κ2) is 8.80. The number of hydrogen-bond acceptors (Lipinski definition) is 4. The van der Waals surface area contributed by atoms with E-state index < -0.39 is 16.9 Å². The summed E-state index contributed by atoms with van der Waals surface area (Å²) in [7, 11) is 0. The first-order chi connectivity index (χ1) is 15.4. The molecular formula is C23H25N4O5+. The van der Waals surface area contributed by atoms with E-state index in [0.717, 1.165) is 31.4 Å². The first-order valence-electron chi connectivity index (χ1n) is 10.6. The average molecular weight is 437 g/mol. The standard InChI is InChI=1S/C23H24N4O5/c1-14-12-16(27(31)32)6-7-19(14)26-13-18(17-4-2-3-5-20(17)26)21(23(29)30)25-22(28)15-8-10-24-11-9-15/h2-7,12-13,15,21,24H,8-11H2,1H3,(H,25,28)(H,29,30)/p+1. The van der Waals surface area contributed by atoms with Gasteiger partial charge in [0.15, 0.2) is 6.04 Å². The van der Waals surface area contributed by atoms with E-state index >= 15 is 0 Å². The van der Waals surface area contributed by atoms with Gasteiger partial charge in [-0.25, -0.2) is 4.79 Å². The molecule has 1 fully saturated rings. The Hall–Kier alpha value is -3.72. The first-order valence-corrected chi connectivity index (χ1v) is 10.6. The van der Waals surface area contributed by atoms with Gasteiger partial charge in [0.1, 0.15) is 0 Å². The topological polar surface area (TPSA) is 131 Å². The zero-order chi connectivity index (χ0) is 22.8. The van der Waals surface area contributed by atoms with Crippen molar-refractivity contribution >= 4 is 28.5 Å². The summed E-state index contributed by atoms with van der Waals surface area (Å²) in [6.07, 6.45) is 3.15. The lowest BCUT2D eigenvalue weighted by Crippen LogP contribution is -2.86. The van der Waals surface area contributed by atoms with Gasteiger partial charge in [-0.1, -0.05) is 18.2 Å². The van der Waals surface area contributed by atoms with E-state index in [9.17, 15) is 24.8 Å². The van der Waals surface area contributed by atoms with E-state index in [1.807, 2.05) is 28.8 Å². The van der Waals surface area contributed by atoms with Gasteiger partial charge in [-0.05, 0) is 24.6 Å². The van der Waals surface area contributed by atoms with Crippen molar-refractivity contribution in [3.8, 4) is 5.69 Å². The third-order valence-corrected chi connectivity index (χ3v) is 6.05. The molecule has 166 valence electrons. The number of para-hydroxylation sites is 1. The lowest BCUT2D eigenvalue weighted by molar-refractivity contribution is -0.664. The minimum atomic E-state index is -1.20. The van der Waals surface area contributed by atoms with E-state index in [1.54, 1.807) is 19.2 Å². The Kier molecular flexibility index (Phi) is 5.91. The minimum absolute atomic E-state index is 0.0108. The predicted molar refractivity (Wildman–Crippen MR) is 118 cm³/mol. The van der Waals surface area contributed by atoms with Gasteiger partial charge < -0.3 is 20.3 Å². The van der Waals surface area contributed by atoms with Gasteiger partial charge in [-0.15, -0.1) is 0 Å². The molecule has 0 spiro atoms. The molecule has 3 aromatic rings. The molecule has 1 saturated heterocycles. The predicted octanol–water partition coefficient (Wildman–Crippen LogP) is 2.06. The lowest BCUT2D eigenvalue weighted by Gasteiger charge is -2.22. The quantitative estimate of drug-likeness (QED) is 0.401. The van der Waals surface area contributed by atoms with Crippen LogP contribution >= 0.6 is 0 Å². The van der Waals surface area contributed by atoms with Crippen LogP contribution in [0.3, 0.4) is 0 Å². The van der Waals surface area contributed by atoms with Crippen LogP contribution in [0.25, 0.3) is 16.6 Å². The number of nitro groups is 1. The number of amides is 1. The molecule has 9 nitrogen and oxygen atoms in total. The number of aryl methyl sites for hydroxylation is 1. The molecule has 0 bridgehead atoms. The molecule has 32 heavy (non-hydrogen) atoms. The number of nitrogens with one attached hydrogen (secondary N) is 1. The molecule has 1 aliphatic rings. The zero-order valence-electron chi connectivity index (χ0n) is 17.7. The van der Waals surface area contributed by atoms with Gasteiger partial charge in [0.05, 0.1) is 23.5 Å². The molecule has 4 rings (SSSR count). The Morgan fingerprint density at radius 1 is 1.22 bits per heavy atom. The van der Waals surface area contributed by atoms with Gasteiger partial charge in [0.2, 0.25) is 5.91 Å². The van der Waals surface area contributed by atoms with Gasteiger partial charge in [0, 0.05) is 53.7 Å². The second-order valence-electron chi connectivity index (χ2n) is 8.12. The van der Waals surface area contributed by atoms with Crippen LogP contribution in [0.5, 0.6) is 0 Å². The molecule has 1 aromatic heterocycles. The summed E-state index contributed by atoms with van der Waals surface area (Å²) in [6.45, 7) is 3.48. The van der Waals surface area contributed by atoms with Crippen molar-refractivity contribution in [2.45, 2.75) is 25.8 Å². The molecule has 2 heterocycles. The molecule has 4 N–H and O–H groups in total. The number of non-ortho nitro benzene ring substituents is 1. The maximum absolute atomic E-state index is 12.8. The third-order valence-electron chi connectivity index (χ3n) is 6.05. The van der Waals surface area contributed by atoms with Crippen LogP contribution in [0.2, 0.25) is 0 Å². The van der Waals surface area contributed by atoms with E-state index in [2.05, 4.69) is 10.6 Å². The summed E-state index contributed by atoms with van der Waals surface area (Å²) in [6, 6.07) is 10.7. The van der Waals surface area contributed by atoms with E-state index in [4.69, 9.17) is 0 Å². The van der Waals surface area contributed by atoms with Crippen molar-refractivity contribution in [2.24, 2.45) is 5.92 Å². The fourth-order valence-corrected chi connectivity index (χ4v) is 4.38. The number of quaternary nitrogens is 1. The number of nitrogens with two attached hydrogens (primary N) is 1. The Morgan fingerprint density at radius 3 is 2.59 bits per heavy atom. The maximum atomic E-state index is 12.8. The third kappa shape index (κ3) is 4.06. The molecule has 0 saturated carbocycles. The van der Waals surface area contributed by atoms with E-state index in [1.165, 1.54) is 12.1 Å². The number of benzene rings is 2. The number of carboxylic acids is 1. The van der Waals surface area contributed by atoms with Crippen molar-refractivity contribution in [2.75, 3.05) is 13.1 Å². The molecule has 9 heteroatoms. The van der Waals surface area contributed by atoms with Crippen LogP contribution in [0.1, 0.15) is 30.0 Å². The Labute approximate surface area is 184 Å². The van der Waals surface area contributed by atoms with E-state index in [-0.39, 0.29) is 17.5 Å². The van der Waals surface area contributed by atoms with Crippen LogP contribution in [0.15, 0.2) is 48.7 Å². The van der Waals surface area contributed by atoms with Crippen LogP contribution in [0.4, 0.5) is 5.69 Å². The Morgan fingerprint density at radius 2 is 1.94 bits per heavy atom. The minimum Gasteiger partial charge on any atom is -0.479 e. The fourth-order valence-electron chi connectivity index (χ4n) is 4.38. The highest BCUT2D eigenvalue weighted by atomic mass is 16.6. The first kappa shape index (κ1) is 21.5. The van der Waals surface area contributed by atoms with Gasteiger partial charge in [-0.3, -0.25) is 14.9 Å².